The molecule has 0 aliphatic carbocycles. The van der Waals surface area contributed by atoms with Crippen molar-refractivity contribution in [3.8, 4) is 0 Å². The number of benzene rings is 1. The quantitative estimate of drug-likeness (QED) is 0.409. The van der Waals surface area contributed by atoms with E-state index in [0.717, 1.165) is 12.8 Å². The first-order valence-corrected chi connectivity index (χ1v) is 7.56. The van der Waals surface area contributed by atoms with Gasteiger partial charge in [0, 0.05) is 0 Å². The van der Waals surface area contributed by atoms with Crippen molar-refractivity contribution in [2.24, 2.45) is 0 Å². The summed E-state index contributed by atoms with van der Waals surface area (Å²) in [5.41, 5.74) is 0.340. The molecule has 0 N–H and O–H groups in total. The highest BCUT2D eigenvalue weighted by atomic mass is 16.6. The maximum absolute atomic E-state index is 12.1. The van der Waals surface area contributed by atoms with E-state index in [1.54, 1.807) is 12.1 Å². The molecule has 20 heavy (non-hydrogen) atoms. The maximum atomic E-state index is 12.1. The van der Waals surface area contributed by atoms with Gasteiger partial charge < -0.3 is 9.47 Å². The zero-order chi connectivity index (χ0) is 14.4. The van der Waals surface area contributed by atoms with Crippen LogP contribution >= 0.6 is 0 Å². The molecule has 110 valence electrons. The Morgan fingerprint density at radius 3 is 2.60 bits per heavy atom. The molecule has 1 aliphatic heterocycles. The molecular weight excluding hydrogens is 252 g/mol. The second-order valence-electron chi connectivity index (χ2n) is 5.71. The van der Waals surface area contributed by atoms with Gasteiger partial charge in [0.1, 0.15) is 11.7 Å². The molecule has 0 amide bonds. The molecule has 0 aromatic heterocycles. The highest BCUT2D eigenvalue weighted by molar-refractivity contribution is 5.89. The predicted octanol–water partition coefficient (Wildman–Crippen LogP) is 3.97. The number of esters is 1. The van der Waals surface area contributed by atoms with Gasteiger partial charge in [-0.05, 0) is 31.9 Å². The van der Waals surface area contributed by atoms with Crippen LogP contribution < -0.4 is 0 Å². The van der Waals surface area contributed by atoms with E-state index in [9.17, 15) is 4.79 Å². The van der Waals surface area contributed by atoms with Crippen molar-refractivity contribution in [2.75, 3.05) is 6.61 Å². The molecule has 1 aromatic rings. The molecule has 3 nitrogen and oxygen atoms in total. The van der Waals surface area contributed by atoms with Gasteiger partial charge in [0.05, 0.1) is 12.2 Å². The SMILES string of the molecule is CCCCCCC(OC(=O)c1ccccc1)C1(C)CO1. The molecule has 3 heteroatoms. The van der Waals surface area contributed by atoms with Gasteiger partial charge in [0.2, 0.25) is 0 Å². The molecule has 1 aromatic carbocycles. The van der Waals surface area contributed by atoms with Crippen LogP contribution in [0.15, 0.2) is 30.3 Å². The van der Waals surface area contributed by atoms with Crippen molar-refractivity contribution in [2.45, 2.75) is 57.7 Å². The number of rotatable bonds is 8. The van der Waals surface area contributed by atoms with Crippen LogP contribution in [-0.2, 0) is 9.47 Å². The monoisotopic (exact) mass is 276 g/mol. The van der Waals surface area contributed by atoms with Crippen LogP contribution in [0.25, 0.3) is 0 Å². The molecule has 0 bridgehead atoms. The average molecular weight is 276 g/mol. The van der Waals surface area contributed by atoms with Gasteiger partial charge in [0.15, 0.2) is 0 Å². The van der Waals surface area contributed by atoms with Crippen LogP contribution in [0.5, 0.6) is 0 Å². The molecule has 1 fully saturated rings. The fourth-order valence-electron chi connectivity index (χ4n) is 2.32. The smallest absolute Gasteiger partial charge is 0.338 e. The summed E-state index contributed by atoms with van der Waals surface area (Å²) in [6.45, 7) is 4.90. The van der Waals surface area contributed by atoms with Gasteiger partial charge in [-0.2, -0.15) is 0 Å². The topological polar surface area (TPSA) is 38.8 Å². The minimum absolute atomic E-state index is 0.132. The minimum Gasteiger partial charge on any atom is -0.456 e. The van der Waals surface area contributed by atoms with E-state index >= 15 is 0 Å². The van der Waals surface area contributed by atoms with Crippen LogP contribution in [0, 0.1) is 0 Å². The number of ether oxygens (including phenoxy) is 2. The largest absolute Gasteiger partial charge is 0.456 e. The highest BCUT2D eigenvalue weighted by Gasteiger charge is 2.49. The first kappa shape index (κ1) is 15.0. The zero-order valence-electron chi connectivity index (χ0n) is 12.4. The van der Waals surface area contributed by atoms with Gasteiger partial charge in [-0.15, -0.1) is 0 Å². The molecule has 0 radical (unpaired) electrons. The number of hydrogen-bond donors (Lipinski definition) is 0. The Morgan fingerprint density at radius 1 is 1.30 bits per heavy atom. The Kier molecular flexibility index (Phi) is 5.18. The zero-order valence-corrected chi connectivity index (χ0v) is 12.4. The van der Waals surface area contributed by atoms with Crippen molar-refractivity contribution < 1.29 is 14.3 Å². The average Bonchev–Trinajstić information content (AvgIpc) is 3.22. The Balaban J connectivity index is 1.89. The molecule has 1 aliphatic rings. The lowest BCUT2D eigenvalue weighted by molar-refractivity contribution is 0.00459. The Labute approximate surface area is 121 Å². The number of hydrogen-bond acceptors (Lipinski definition) is 3. The lowest BCUT2D eigenvalue weighted by atomic mass is 9.99. The standard InChI is InChI=1S/C17H24O3/c1-3-4-5-9-12-15(17(2)13-19-17)20-16(18)14-10-7-6-8-11-14/h6-8,10-11,15H,3-5,9,12-13H2,1-2H3. The van der Waals surface area contributed by atoms with Gasteiger partial charge in [-0.3, -0.25) is 0 Å². The third-order valence-corrected chi connectivity index (χ3v) is 3.86. The Bertz CT molecular complexity index is 423. The van der Waals surface area contributed by atoms with Crippen molar-refractivity contribution in [1.29, 1.82) is 0 Å². The molecule has 2 rings (SSSR count). The summed E-state index contributed by atoms with van der Waals surface area (Å²) in [6, 6.07) is 9.16. The number of epoxide rings is 1. The number of carbonyl (C=O) groups excluding carboxylic acids is 1. The maximum Gasteiger partial charge on any atom is 0.338 e. The van der Waals surface area contributed by atoms with E-state index in [1.165, 1.54) is 19.3 Å². The number of carbonyl (C=O) groups is 1. The van der Waals surface area contributed by atoms with Gasteiger partial charge in [-0.25, -0.2) is 4.79 Å². The lowest BCUT2D eigenvalue weighted by Gasteiger charge is -2.21. The van der Waals surface area contributed by atoms with Gasteiger partial charge in [0.25, 0.3) is 0 Å². The Hall–Kier alpha value is -1.35. The highest BCUT2D eigenvalue weighted by Crippen LogP contribution is 2.35. The van der Waals surface area contributed by atoms with E-state index in [-0.39, 0.29) is 17.7 Å². The molecular formula is C17H24O3. The third kappa shape index (κ3) is 4.07. The molecule has 1 saturated heterocycles. The van der Waals surface area contributed by atoms with Gasteiger partial charge in [-0.1, -0.05) is 44.4 Å². The summed E-state index contributed by atoms with van der Waals surface area (Å²) >= 11 is 0. The molecule has 2 unspecified atom stereocenters. The van der Waals surface area contributed by atoms with Crippen LogP contribution in [0.1, 0.15) is 56.3 Å². The van der Waals surface area contributed by atoms with Crippen molar-refractivity contribution >= 4 is 5.97 Å². The summed E-state index contributed by atoms with van der Waals surface area (Å²) in [6.07, 6.45) is 5.46. The van der Waals surface area contributed by atoms with E-state index in [1.807, 2.05) is 25.1 Å². The molecule has 1 heterocycles. The summed E-state index contributed by atoms with van der Waals surface area (Å²) in [5, 5.41) is 0. The summed E-state index contributed by atoms with van der Waals surface area (Å²) in [4.78, 5) is 12.1. The van der Waals surface area contributed by atoms with Crippen molar-refractivity contribution in [3.05, 3.63) is 35.9 Å². The van der Waals surface area contributed by atoms with E-state index in [2.05, 4.69) is 6.92 Å². The lowest BCUT2D eigenvalue weighted by Crippen LogP contribution is -2.32. The van der Waals surface area contributed by atoms with E-state index < -0.39 is 0 Å². The number of unbranched alkanes of at least 4 members (excludes halogenated alkanes) is 3. The summed E-state index contributed by atoms with van der Waals surface area (Å²) in [5.74, 6) is -0.247. The van der Waals surface area contributed by atoms with Crippen molar-refractivity contribution in [3.63, 3.8) is 0 Å². The molecule has 2 atom stereocenters. The normalized spacial score (nSPS) is 22.3. The molecule has 0 saturated carbocycles. The fourth-order valence-corrected chi connectivity index (χ4v) is 2.32. The van der Waals surface area contributed by atoms with E-state index in [4.69, 9.17) is 9.47 Å². The van der Waals surface area contributed by atoms with Crippen LogP contribution in [0.3, 0.4) is 0 Å². The van der Waals surface area contributed by atoms with Crippen LogP contribution in [0.4, 0.5) is 0 Å². The first-order valence-electron chi connectivity index (χ1n) is 7.56. The van der Waals surface area contributed by atoms with Crippen molar-refractivity contribution in [1.82, 2.24) is 0 Å². The second-order valence-corrected chi connectivity index (χ2v) is 5.71. The predicted molar refractivity (Wildman–Crippen MR) is 78.8 cm³/mol. The summed E-state index contributed by atoms with van der Waals surface area (Å²) < 4.78 is 11.2. The molecule has 0 spiro atoms. The van der Waals surface area contributed by atoms with Crippen LogP contribution in [-0.4, -0.2) is 24.3 Å². The third-order valence-electron chi connectivity index (χ3n) is 3.86. The van der Waals surface area contributed by atoms with Crippen LogP contribution in [0.2, 0.25) is 0 Å². The Morgan fingerprint density at radius 2 is 2.00 bits per heavy atom. The summed E-state index contributed by atoms with van der Waals surface area (Å²) in [7, 11) is 0. The van der Waals surface area contributed by atoms with E-state index in [0.29, 0.717) is 12.2 Å². The minimum atomic E-state index is -0.267. The van der Waals surface area contributed by atoms with Gasteiger partial charge >= 0.3 is 5.97 Å². The first-order chi connectivity index (χ1) is 9.65. The fraction of sp³-hybridized carbons (Fsp3) is 0.588. The second kappa shape index (κ2) is 6.89.